The number of hydrogen-bond acceptors (Lipinski definition) is 4. The van der Waals surface area contributed by atoms with Gasteiger partial charge in [0.1, 0.15) is 5.75 Å². The summed E-state index contributed by atoms with van der Waals surface area (Å²) < 4.78 is 10.7. The second kappa shape index (κ2) is 9.78. The van der Waals surface area contributed by atoms with Gasteiger partial charge in [0.15, 0.2) is 0 Å². The molecule has 1 aliphatic rings. The summed E-state index contributed by atoms with van der Waals surface area (Å²) in [6.07, 6.45) is 0.520. The van der Waals surface area contributed by atoms with Crippen LogP contribution >= 0.6 is 0 Å². The molecule has 1 N–H and O–H groups in total. The Morgan fingerprint density at radius 2 is 2.04 bits per heavy atom. The Labute approximate surface area is 151 Å². The number of rotatable bonds is 8. The van der Waals surface area contributed by atoms with E-state index in [-0.39, 0.29) is 11.8 Å². The molecular weight excluding hydrogens is 316 g/mol. The number of hydrogen-bond donors (Lipinski definition) is 1. The fraction of sp³-hybridized carbons (Fsp3) is 0.650. The molecule has 140 valence electrons. The standard InChI is InChI=1S/C20H32N2O3/c1-15(2)18(17-5-6-19(24-4)16(3)13-17)14-20(23)21-7-8-22-9-11-25-12-10-22/h5-6,13,15,18H,7-12,14H2,1-4H3,(H,21,23). The Balaban J connectivity index is 1.87. The van der Waals surface area contributed by atoms with Crippen molar-refractivity contribution in [1.82, 2.24) is 10.2 Å². The van der Waals surface area contributed by atoms with Crippen molar-refractivity contribution in [2.75, 3.05) is 46.5 Å². The lowest BCUT2D eigenvalue weighted by Gasteiger charge is -2.27. The topological polar surface area (TPSA) is 50.8 Å². The van der Waals surface area contributed by atoms with E-state index in [4.69, 9.17) is 9.47 Å². The Morgan fingerprint density at radius 3 is 2.64 bits per heavy atom. The monoisotopic (exact) mass is 348 g/mol. The summed E-state index contributed by atoms with van der Waals surface area (Å²) in [6, 6.07) is 6.22. The number of nitrogens with zero attached hydrogens (tertiary/aromatic N) is 1. The number of aryl methyl sites for hydroxylation is 1. The van der Waals surface area contributed by atoms with Crippen LogP contribution in [0.5, 0.6) is 5.75 Å². The van der Waals surface area contributed by atoms with E-state index in [1.807, 2.05) is 13.0 Å². The summed E-state index contributed by atoms with van der Waals surface area (Å²) in [6.45, 7) is 11.5. The van der Waals surface area contributed by atoms with Crippen LogP contribution in [0, 0.1) is 12.8 Å². The SMILES string of the molecule is COc1ccc(C(CC(=O)NCCN2CCOCC2)C(C)C)cc1C. The van der Waals surface area contributed by atoms with E-state index in [0.717, 1.165) is 44.2 Å². The van der Waals surface area contributed by atoms with Crippen molar-refractivity contribution in [2.24, 2.45) is 5.92 Å². The highest BCUT2D eigenvalue weighted by Crippen LogP contribution is 2.31. The molecule has 5 nitrogen and oxygen atoms in total. The minimum absolute atomic E-state index is 0.125. The first-order valence-corrected chi connectivity index (χ1v) is 9.22. The Kier molecular flexibility index (Phi) is 7.72. The summed E-state index contributed by atoms with van der Waals surface area (Å²) in [4.78, 5) is 14.7. The van der Waals surface area contributed by atoms with Gasteiger partial charge in [0.2, 0.25) is 5.91 Å². The number of morpholine rings is 1. The molecule has 5 heteroatoms. The van der Waals surface area contributed by atoms with Crippen molar-refractivity contribution < 1.29 is 14.3 Å². The van der Waals surface area contributed by atoms with Crippen LogP contribution in [0.3, 0.4) is 0 Å². The van der Waals surface area contributed by atoms with Gasteiger partial charge in [-0.3, -0.25) is 9.69 Å². The summed E-state index contributed by atoms with van der Waals surface area (Å²) >= 11 is 0. The molecule has 1 unspecified atom stereocenters. The molecule has 1 aromatic carbocycles. The van der Waals surface area contributed by atoms with Crippen molar-refractivity contribution in [3.63, 3.8) is 0 Å². The maximum absolute atomic E-state index is 12.4. The van der Waals surface area contributed by atoms with Crippen LogP contribution in [0.1, 0.15) is 37.3 Å². The normalized spacial score (nSPS) is 16.7. The van der Waals surface area contributed by atoms with Gasteiger partial charge < -0.3 is 14.8 Å². The van der Waals surface area contributed by atoms with E-state index in [9.17, 15) is 4.79 Å². The van der Waals surface area contributed by atoms with Gasteiger partial charge in [-0.25, -0.2) is 0 Å². The van der Waals surface area contributed by atoms with Crippen molar-refractivity contribution >= 4 is 5.91 Å². The Bertz CT molecular complexity index is 554. The molecule has 1 atom stereocenters. The lowest BCUT2D eigenvalue weighted by Crippen LogP contribution is -2.41. The summed E-state index contributed by atoms with van der Waals surface area (Å²) in [5.74, 6) is 1.63. The zero-order chi connectivity index (χ0) is 18.2. The number of benzene rings is 1. The number of amides is 1. The first-order valence-electron chi connectivity index (χ1n) is 9.22. The van der Waals surface area contributed by atoms with Crippen LogP contribution in [0.2, 0.25) is 0 Å². The smallest absolute Gasteiger partial charge is 0.220 e. The van der Waals surface area contributed by atoms with Crippen LogP contribution in [0.15, 0.2) is 18.2 Å². The van der Waals surface area contributed by atoms with Crippen molar-refractivity contribution in [3.05, 3.63) is 29.3 Å². The molecule has 1 heterocycles. The summed E-state index contributed by atoms with van der Waals surface area (Å²) in [7, 11) is 1.68. The quantitative estimate of drug-likeness (QED) is 0.784. The molecule has 0 radical (unpaired) electrons. The minimum Gasteiger partial charge on any atom is -0.496 e. The fourth-order valence-corrected chi connectivity index (χ4v) is 3.32. The van der Waals surface area contributed by atoms with Gasteiger partial charge >= 0.3 is 0 Å². The second-order valence-corrected chi connectivity index (χ2v) is 7.09. The number of methoxy groups -OCH3 is 1. The van der Waals surface area contributed by atoms with E-state index in [0.29, 0.717) is 18.9 Å². The predicted molar refractivity (Wildman–Crippen MR) is 100 cm³/mol. The highest BCUT2D eigenvalue weighted by atomic mass is 16.5. The van der Waals surface area contributed by atoms with Gasteiger partial charge in [0.05, 0.1) is 20.3 Å². The van der Waals surface area contributed by atoms with E-state index >= 15 is 0 Å². The molecule has 0 saturated carbocycles. The van der Waals surface area contributed by atoms with Gasteiger partial charge in [0.25, 0.3) is 0 Å². The number of nitrogens with one attached hydrogen (secondary N) is 1. The number of carbonyl (C=O) groups is 1. The predicted octanol–water partition coefficient (Wildman–Crippen LogP) is 2.58. The van der Waals surface area contributed by atoms with Crippen LogP contribution < -0.4 is 10.1 Å². The molecule has 0 aliphatic carbocycles. The molecule has 0 spiro atoms. The molecular formula is C20H32N2O3. The molecule has 1 saturated heterocycles. The zero-order valence-electron chi connectivity index (χ0n) is 16.0. The molecule has 1 fully saturated rings. The highest BCUT2D eigenvalue weighted by Gasteiger charge is 2.20. The largest absolute Gasteiger partial charge is 0.496 e. The Morgan fingerprint density at radius 1 is 1.32 bits per heavy atom. The third-order valence-electron chi connectivity index (χ3n) is 4.91. The Hall–Kier alpha value is -1.59. The average molecular weight is 348 g/mol. The third kappa shape index (κ3) is 6.01. The molecule has 25 heavy (non-hydrogen) atoms. The van der Waals surface area contributed by atoms with Gasteiger partial charge in [-0.1, -0.05) is 26.0 Å². The van der Waals surface area contributed by atoms with Crippen molar-refractivity contribution in [1.29, 1.82) is 0 Å². The average Bonchev–Trinajstić information content (AvgIpc) is 2.60. The first kappa shape index (κ1) is 19.7. The van der Waals surface area contributed by atoms with Gasteiger partial charge in [-0.05, 0) is 36.0 Å². The van der Waals surface area contributed by atoms with E-state index in [2.05, 4.69) is 36.2 Å². The first-order chi connectivity index (χ1) is 12.0. The van der Waals surface area contributed by atoms with Crippen LogP contribution in [-0.4, -0.2) is 57.3 Å². The maximum atomic E-state index is 12.4. The van der Waals surface area contributed by atoms with E-state index in [1.54, 1.807) is 7.11 Å². The lowest BCUT2D eigenvalue weighted by atomic mass is 9.85. The zero-order valence-corrected chi connectivity index (χ0v) is 16.0. The second-order valence-electron chi connectivity index (χ2n) is 7.09. The number of ether oxygens (including phenoxy) is 2. The van der Waals surface area contributed by atoms with E-state index in [1.165, 1.54) is 5.56 Å². The van der Waals surface area contributed by atoms with Gasteiger partial charge in [-0.2, -0.15) is 0 Å². The molecule has 0 aromatic heterocycles. The molecule has 2 rings (SSSR count). The van der Waals surface area contributed by atoms with Crippen molar-refractivity contribution in [3.8, 4) is 5.75 Å². The number of carbonyl (C=O) groups excluding carboxylic acids is 1. The van der Waals surface area contributed by atoms with Crippen LogP contribution in [0.25, 0.3) is 0 Å². The highest BCUT2D eigenvalue weighted by molar-refractivity contribution is 5.77. The fourth-order valence-electron chi connectivity index (χ4n) is 3.32. The molecule has 1 amide bonds. The van der Waals surface area contributed by atoms with Crippen molar-refractivity contribution in [2.45, 2.75) is 33.1 Å². The summed E-state index contributed by atoms with van der Waals surface area (Å²) in [5, 5.41) is 3.08. The molecule has 0 bridgehead atoms. The molecule has 1 aliphatic heterocycles. The third-order valence-corrected chi connectivity index (χ3v) is 4.91. The van der Waals surface area contributed by atoms with Crippen LogP contribution in [-0.2, 0) is 9.53 Å². The maximum Gasteiger partial charge on any atom is 0.220 e. The lowest BCUT2D eigenvalue weighted by molar-refractivity contribution is -0.121. The summed E-state index contributed by atoms with van der Waals surface area (Å²) in [5.41, 5.74) is 2.31. The van der Waals surface area contributed by atoms with Crippen LogP contribution in [0.4, 0.5) is 0 Å². The van der Waals surface area contributed by atoms with Gasteiger partial charge in [-0.15, -0.1) is 0 Å². The molecule has 1 aromatic rings. The van der Waals surface area contributed by atoms with E-state index < -0.39 is 0 Å². The minimum atomic E-state index is 0.125. The van der Waals surface area contributed by atoms with Gasteiger partial charge in [0, 0.05) is 32.6 Å².